The summed E-state index contributed by atoms with van der Waals surface area (Å²) in [4.78, 5) is 7.56. The van der Waals surface area contributed by atoms with Gasteiger partial charge in [0.05, 0.1) is 12.8 Å². The van der Waals surface area contributed by atoms with Crippen LogP contribution < -0.4 is 4.74 Å². The van der Waals surface area contributed by atoms with Crippen LogP contribution in [0, 0.1) is 18.2 Å². The molecule has 5 heteroatoms. The lowest BCUT2D eigenvalue weighted by Gasteiger charge is -2.34. The lowest BCUT2D eigenvalue weighted by Crippen LogP contribution is -2.37. The smallest absolute Gasteiger partial charge is 0.131 e. The first-order valence-electron chi connectivity index (χ1n) is 9.01. The Labute approximate surface area is 159 Å². The first kappa shape index (κ1) is 19.2. The number of aliphatic imine (C=N–C) groups is 1. The monoisotopic (exact) mass is 368 g/mol. The van der Waals surface area contributed by atoms with Gasteiger partial charge in [0.25, 0.3) is 0 Å². The molecule has 1 unspecified atom stereocenters. The third kappa shape index (κ3) is 4.06. The van der Waals surface area contributed by atoms with Gasteiger partial charge in [0.1, 0.15) is 17.2 Å². The zero-order valence-electron chi connectivity index (χ0n) is 16.0. The number of terminal acetylenes is 1. The van der Waals surface area contributed by atoms with Crippen LogP contribution in [0.15, 0.2) is 29.3 Å². The highest BCUT2D eigenvalue weighted by Crippen LogP contribution is 2.39. The van der Waals surface area contributed by atoms with E-state index >= 15 is 0 Å². The second kappa shape index (κ2) is 7.21. The Hall–Kier alpha value is -2.58. The topological polar surface area (TPSA) is 57.6 Å². The molecule has 0 saturated carbocycles. The summed E-state index contributed by atoms with van der Waals surface area (Å²) in [7, 11) is 1.55. The highest BCUT2D eigenvalue weighted by molar-refractivity contribution is 5.80. The molecule has 1 aromatic heterocycles. The van der Waals surface area contributed by atoms with Gasteiger partial charge in [-0.05, 0) is 48.1 Å². The number of rotatable bonds is 6. The molecule has 2 heterocycles. The van der Waals surface area contributed by atoms with Gasteiger partial charge >= 0.3 is 0 Å². The van der Waals surface area contributed by atoms with E-state index in [1.807, 2.05) is 26.1 Å². The molecule has 4 nitrogen and oxygen atoms in total. The third-order valence-corrected chi connectivity index (χ3v) is 5.10. The SMILES string of the molecule is C#CC(O)(Cc1cc2c([nH]1)C=NCC2)CC(C)(C)c1cc(F)ccc1OC. The maximum Gasteiger partial charge on any atom is 0.131 e. The van der Waals surface area contributed by atoms with E-state index in [0.717, 1.165) is 24.4 Å². The van der Waals surface area contributed by atoms with Crippen LogP contribution in [0.3, 0.4) is 0 Å². The van der Waals surface area contributed by atoms with Crippen LogP contribution in [0.2, 0.25) is 0 Å². The minimum Gasteiger partial charge on any atom is -0.496 e. The summed E-state index contributed by atoms with van der Waals surface area (Å²) in [6.07, 6.45) is 8.95. The normalized spacial score (nSPS) is 15.7. The second-order valence-electron chi connectivity index (χ2n) is 7.78. The standard InChI is InChI=1S/C22H25FN2O2/c1-5-22(26,12-17-10-15-8-9-24-13-19(15)25-17)14-21(2,3)18-11-16(23)6-7-20(18)27-4/h1,6-7,10-11,13,25-26H,8-9,12,14H2,2-4H3. The molecule has 1 atom stereocenters. The molecule has 1 aromatic carbocycles. The molecular formula is C22H25FN2O2. The number of H-pyrrole nitrogens is 1. The van der Waals surface area contributed by atoms with Crippen molar-refractivity contribution < 1.29 is 14.2 Å². The van der Waals surface area contributed by atoms with Crippen LogP contribution in [0.25, 0.3) is 0 Å². The minimum atomic E-state index is -1.38. The molecule has 1 aliphatic heterocycles. The highest BCUT2D eigenvalue weighted by atomic mass is 19.1. The third-order valence-electron chi connectivity index (χ3n) is 5.10. The van der Waals surface area contributed by atoms with E-state index in [-0.39, 0.29) is 18.7 Å². The number of methoxy groups -OCH3 is 1. The predicted octanol–water partition coefficient (Wildman–Crippen LogP) is 3.41. The maximum absolute atomic E-state index is 13.8. The number of nitrogens with one attached hydrogen (secondary N) is 1. The molecule has 2 N–H and O–H groups in total. The van der Waals surface area contributed by atoms with E-state index in [1.165, 1.54) is 17.7 Å². The van der Waals surface area contributed by atoms with Crippen molar-refractivity contribution in [3.05, 3.63) is 52.6 Å². The fourth-order valence-electron chi connectivity index (χ4n) is 3.85. The quantitative estimate of drug-likeness (QED) is 0.768. The van der Waals surface area contributed by atoms with Gasteiger partial charge in [0, 0.05) is 30.4 Å². The van der Waals surface area contributed by atoms with Crippen molar-refractivity contribution in [3.8, 4) is 18.1 Å². The maximum atomic E-state index is 13.8. The number of ether oxygens (including phenoxy) is 1. The van der Waals surface area contributed by atoms with Crippen molar-refractivity contribution >= 4 is 6.21 Å². The number of halogens is 1. The minimum absolute atomic E-state index is 0.258. The summed E-state index contributed by atoms with van der Waals surface area (Å²) < 4.78 is 19.2. The number of aromatic nitrogens is 1. The zero-order chi connectivity index (χ0) is 19.7. The lowest BCUT2D eigenvalue weighted by molar-refractivity contribution is 0.0689. The fraction of sp³-hybridized carbons (Fsp3) is 0.409. The van der Waals surface area contributed by atoms with Crippen LogP contribution in [0.5, 0.6) is 5.75 Å². The van der Waals surface area contributed by atoms with Gasteiger partial charge in [-0.15, -0.1) is 6.42 Å². The largest absolute Gasteiger partial charge is 0.496 e. The predicted molar refractivity (Wildman–Crippen MR) is 105 cm³/mol. The molecule has 0 amide bonds. The van der Waals surface area contributed by atoms with Crippen LogP contribution in [0.4, 0.5) is 4.39 Å². The van der Waals surface area contributed by atoms with Crippen molar-refractivity contribution in [1.29, 1.82) is 0 Å². The molecule has 1 aliphatic rings. The van der Waals surface area contributed by atoms with Crippen LogP contribution in [-0.4, -0.2) is 35.6 Å². The van der Waals surface area contributed by atoms with Crippen LogP contribution in [-0.2, 0) is 18.3 Å². The van der Waals surface area contributed by atoms with Crippen molar-refractivity contribution in [3.63, 3.8) is 0 Å². The molecule has 0 fully saturated rings. The van der Waals surface area contributed by atoms with E-state index in [2.05, 4.69) is 15.9 Å². The molecule has 0 bridgehead atoms. The summed E-state index contributed by atoms with van der Waals surface area (Å²) in [6.45, 7) is 4.63. The molecule has 2 aromatic rings. The van der Waals surface area contributed by atoms with Gasteiger partial charge in [0.2, 0.25) is 0 Å². The first-order chi connectivity index (χ1) is 12.8. The Morgan fingerprint density at radius 1 is 1.37 bits per heavy atom. The number of aromatic amines is 1. The van der Waals surface area contributed by atoms with Gasteiger partial charge < -0.3 is 14.8 Å². The van der Waals surface area contributed by atoms with Crippen LogP contribution >= 0.6 is 0 Å². The van der Waals surface area contributed by atoms with Crippen molar-refractivity contribution in [2.45, 2.75) is 44.1 Å². The summed E-state index contributed by atoms with van der Waals surface area (Å²) in [5, 5.41) is 11.1. The number of hydrogen-bond donors (Lipinski definition) is 2. The van der Waals surface area contributed by atoms with E-state index in [9.17, 15) is 9.50 Å². The molecular weight excluding hydrogens is 343 g/mol. The number of hydrogen-bond acceptors (Lipinski definition) is 3. The Bertz CT molecular complexity index is 908. The Balaban J connectivity index is 1.86. The Morgan fingerprint density at radius 3 is 2.81 bits per heavy atom. The van der Waals surface area contributed by atoms with Gasteiger partial charge in [-0.1, -0.05) is 19.8 Å². The van der Waals surface area contributed by atoms with Crippen molar-refractivity contribution in [2.24, 2.45) is 4.99 Å². The van der Waals surface area contributed by atoms with Crippen molar-refractivity contribution in [1.82, 2.24) is 4.98 Å². The Morgan fingerprint density at radius 2 is 2.15 bits per heavy atom. The second-order valence-corrected chi connectivity index (χ2v) is 7.78. The average molecular weight is 368 g/mol. The van der Waals surface area contributed by atoms with Crippen molar-refractivity contribution in [2.75, 3.05) is 13.7 Å². The molecule has 0 saturated heterocycles. The summed E-state index contributed by atoms with van der Waals surface area (Å²) in [5.41, 5.74) is 1.73. The summed E-state index contributed by atoms with van der Waals surface area (Å²) in [5.74, 6) is 2.78. The van der Waals surface area contributed by atoms with Gasteiger partial charge in [0.15, 0.2) is 0 Å². The Kier molecular flexibility index (Phi) is 5.12. The van der Waals surface area contributed by atoms with Gasteiger partial charge in [-0.25, -0.2) is 4.39 Å². The van der Waals surface area contributed by atoms with Crippen LogP contribution in [0.1, 0.15) is 42.8 Å². The average Bonchev–Trinajstić information content (AvgIpc) is 3.03. The van der Waals surface area contributed by atoms with Gasteiger partial charge in [-0.2, -0.15) is 0 Å². The number of fused-ring (bicyclic) bond motifs is 1. The number of nitrogens with zero attached hydrogens (tertiary/aromatic N) is 1. The molecule has 0 spiro atoms. The van der Waals surface area contributed by atoms with E-state index in [4.69, 9.17) is 11.2 Å². The number of aliphatic hydroxyl groups is 1. The molecule has 0 radical (unpaired) electrons. The van der Waals surface area contributed by atoms with E-state index < -0.39 is 11.0 Å². The molecule has 27 heavy (non-hydrogen) atoms. The zero-order valence-corrected chi connectivity index (χ0v) is 16.0. The molecule has 3 rings (SSSR count). The van der Waals surface area contributed by atoms with E-state index in [0.29, 0.717) is 11.3 Å². The summed E-state index contributed by atoms with van der Waals surface area (Å²) >= 11 is 0. The van der Waals surface area contributed by atoms with E-state index in [1.54, 1.807) is 13.2 Å². The summed E-state index contributed by atoms with van der Waals surface area (Å²) in [6, 6.07) is 6.44. The lowest BCUT2D eigenvalue weighted by atomic mass is 9.73. The first-order valence-corrected chi connectivity index (χ1v) is 9.01. The number of benzene rings is 1. The fourth-order valence-corrected chi connectivity index (χ4v) is 3.85. The highest BCUT2D eigenvalue weighted by Gasteiger charge is 2.36. The van der Waals surface area contributed by atoms with Gasteiger partial charge in [-0.3, -0.25) is 4.99 Å². The molecule has 0 aliphatic carbocycles. The molecule has 142 valence electrons.